The number of carbonyl (C=O) groups is 3. The molecule has 0 N–H and O–H groups in total. The highest BCUT2D eigenvalue weighted by atomic mass is 35.5. The van der Waals surface area contributed by atoms with Crippen LogP contribution in [0.25, 0.3) is 10.6 Å². The highest BCUT2D eigenvalue weighted by Crippen LogP contribution is 2.32. The fourth-order valence-electron chi connectivity index (χ4n) is 3.01. The third kappa shape index (κ3) is 3.60. The molecule has 0 radical (unpaired) electrons. The van der Waals surface area contributed by atoms with Crippen LogP contribution in [-0.4, -0.2) is 43.5 Å². The maximum Gasteiger partial charge on any atom is 0.329 e. The van der Waals surface area contributed by atoms with Crippen molar-refractivity contribution in [1.29, 1.82) is 0 Å². The van der Waals surface area contributed by atoms with Gasteiger partial charge in [0, 0.05) is 24.2 Å². The first kappa shape index (κ1) is 20.5. The van der Waals surface area contributed by atoms with E-state index < -0.39 is 23.8 Å². The van der Waals surface area contributed by atoms with Gasteiger partial charge in [-0.2, -0.15) is 5.10 Å². The Kier molecular flexibility index (Phi) is 5.35. The first-order valence-electron chi connectivity index (χ1n) is 8.73. The van der Waals surface area contributed by atoms with Gasteiger partial charge in [-0.3, -0.25) is 19.2 Å². The number of aromatic nitrogens is 3. The Labute approximate surface area is 185 Å². The summed E-state index contributed by atoms with van der Waals surface area (Å²) in [6.07, 6.45) is 3.52. The average molecular weight is 465 g/mol. The van der Waals surface area contributed by atoms with Gasteiger partial charge in [-0.05, 0) is 19.1 Å². The van der Waals surface area contributed by atoms with Crippen molar-refractivity contribution in [2.45, 2.75) is 19.6 Å². The molecule has 3 heterocycles. The summed E-state index contributed by atoms with van der Waals surface area (Å²) in [6, 6.07) is 1.53. The molecule has 0 spiro atoms. The third-order valence-electron chi connectivity index (χ3n) is 4.55. The minimum Gasteiger partial charge on any atom is -0.458 e. The van der Waals surface area contributed by atoms with Crippen LogP contribution in [0.5, 0.6) is 0 Å². The predicted octanol–water partition coefficient (Wildman–Crippen LogP) is 3.58. The normalized spacial score (nSPS) is 14.2. The van der Waals surface area contributed by atoms with Crippen molar-refractivity contribution >= 4 is 52.3 Å². The second-order valence-electron chi connectivity index (χ2n) is 6.62. The molecular formula is C19H14Cl2N4O4S. The lowest BCUT2D eigenvalue weighted by Gasteiger charge is -2.20. The number of benzene rings is 1. The molecule has 2 aromatic heterocycles. The number of aryl methyl sites for hydroxylation is 1. The molecular weight excluding hydrogens is 451 g/mol. The second kappa shape index (κ2) is 7.82. The van der Waals surface area contributed by atoms with Crippen LogP contribution >= 0.6 is 34.5 Å². The molecule has 0 saturated carbocycles. The lowest BCUT2D eigenvalue weighted by Crippen LogP contribution is -2.43. The summed E-state index contributed by atoms with van der Waals surface area (Å²) in [5.74, 6) is -1.96. The molecule has 4 rings (SSSR count). The molecule has 30 heavy (non-hydrogen) atoms. The molecule has 1 aromatic carbocycles. The number of hydrogen-bond acceptors (Lipinski definition) is 7. The van der Waals surface area contributed by atoms with Crippen molar-refractivity contribution in [2.24, 2.45) is 7.05 Å². The molecule has 0 bridgehead atoms. The summed E-state index contributed by atoms with van der Waals surface area (Å²) >= 11 is 13.3. The highest BCUT2D eigenvalue weighted by molar-refractivity contribution is 7.13. The lowest BCUT2D eigenvalue weighted by atomic mass is 10.1. The number of ether oxygens (including phenoxy) is 1. The smallest absolute Gasteiger partial charge is 0.329 e. The van der Waals surface area contributed by atoms with Gasteiger partial charge in [-0.15, -0.1) is 11.3 Å². The first-order chi connectivity index (χ1) is 14.3. The molecule has 2 amide bonds. The first-order valence-corrected chi connectivity index (χ1v) is 10.4. The Bertz CT molecular complexity index is 1150. The Morgan fingerprint density at radius 2 is 1.83 bits per heavy atom. The Morgan fingerprint density at radius 3 is 2.40 bits per heavy atom. The Morgan fingerprint density at radius 1 is 1.20 bits per heavy atom. The van der Waals surface area contributed by atoms with Crippen LogP contribution in [-0.2, 0) is 23.2 Å². The minimum absolute atomic E-state index is 0.0826. The van der Waals surface area contributed by atoms with Gasteiger partial charge in [0.25, 0.3) is 11.8 Å². The summed E-state index contributed by atoms with van der Waals surface area (Å²) in [5, 5.41) is 6.92. The molecule has 0 saturated heterocycles. The quantitative estimate of drug-likeness (QED) is 0.423. The maximum absolute atomic E-state index is 12.6. The van der Waals surface area contributed by atoms with Gasteiger partial charge in [0.2, 0.25) is 0 Å². The van der Waals surface area contributed by atoms with Crippen molar-refractivity contribution in [1.82, 2.24) is 19.7 Å². The number of imide groups is 1. The molecule has 0 aliphatic carbocycles. The number of nitrogens with zero attached hydrogens (tertiary/aromatic N) is 4. The van der Waals surface area contributed by atoms with E-state index in [1.54, 1.807) is 16.3 Å². The van der Waals surface area contributed by atoms with Crippen LogP contribution in [0.15, 0.2) is 29.9 Å². The number of thiazole rings is 1. The van der Waals surface area contributed by atoms with E-state index >= 15 is 0 Å². The molecule has 0 fully saturated rings. The number of hydrogen-bond donors (Lipinski definition) is 0. The largest absolute Gasteiger partial charge is 0.458 e. The van der Waals surface area contributed by atoms with Crippen LogP contribution in [0.2, 0.25) is 10.0 Å². The fourth-order valence-corrected chi connectivity index (χ4v) is 4.12. The van der Waals surface area contributed by atoms with Crippen LogP contribution < -0.4 is 0 Å². The number of halogens is 2. The lowest BCUT2D eigenvalue weighted by molar-refractivity contribution is -0.149. The minimum atomic E-state index is -1.12. The predicted molar refractivity (Wildman–Crippen MR) is 111 cm³/mol. The number of carbonyl (C=O) groups excluding carboxylic acids is 3. The molecule has 154 valence electrons. The van der Waals surface area contributed by atoms with Gasteiger partial charge < -0.3 is 4.74 Å². The number of rotatable bonds is 5. The van der Waals surface area contributed by atoms with Gasteiger partial charge >= 0.3 is 5.97 Å². The third-order valence-corrected chi connectivity index (χ3v) is 6.22. The molecule has 3 aromatic rings. The zero-order valence-electron chi connectivity index (χ0n) is 15.8. The summed E-state index contributed by atoms with van der Waals surface area (Å²) in [6.45, 7) is 1.34. The second-order valence-corrected chi connectivity index (χ2v) is 8.30. The van der Waals surface area contributed by atoms with Crippen molar-refractivity contribution < 1.29 is 19.1 Å². The maximum atomic E-state index is 12.6. The average Bonchev–Trinajstić information content (AvgIpc) is 3.40. The van der Waals surface area contributed by atoms with Gasteiger partial charge in [-0.25, -0.2) is 9.78 Å². The van der Waals surface area contributed by atoms with Crippen molar-refractivity contribution in [3.05, 3.63) is 56.8 Å². The van der Waals surface area contributed by atoms with E-state index in [1.165, 1.54) is 30.4 Å². The van der Waals surface area contributed by atoms with Crippen LogP contribution in [0, 0.1) is 0 Å². The zero-order valence-corrected chi connectivity index (χ0v) is 18.1. The zero-order chi connectivity index (χ0) is 21.6. The topological polar surface area (TPSA) is 94.4 Å². The number of fused-ring (bicyclic) bond motifs is 1. The van der Waals surface area contributed by atoms with E-state index in [0.717, 1.165) is 15.5 Å². The van der Waals surface area contributed by atoms with Crippen molar-refractivity contribution in [2.75, 3.05) is 0 Å². The molecule has 1 aliphatic rings. The van der Waals surface area contributed by atoms with Gasteiger partial charge in [0.15, 0.2) is 0 Å². The number of amides is 2. The van der Waals surface area contributed by atoms with Crippen LogP contribution in [0.1, 0.15) is 33.3 Å². The molecule has 8 nitrogen and oxygen atoms in total. The molecule has 11 heteroatoms. The van der Waals surface area contributed by atoms with E-state index in [9.17, 15) is 14.4 Å². The Hall–Kier alpha value is -2.75. The fraction of sp³-hybridized carbons (Fsp3) is 0.211. The van der Waals surface area contributed by atoms with Crippen LogP contribution in [0.4, 0.5) is 0 Å². The summed E-state index contributed by atoms with van der Waals surface area (Å²) < 4.78 is 6.95. The van der Waals surface area contributed by atoms with Gasteiger partial charge in [0.1, 0.15) is 17.7 Å². The molecule has 1 aliphatic heterocycles. The van der Waals surface area contributed by atoms with E-state index in [-0.39, 0.29) is 27.8 Å². The number of esters is 1. The Balaban J connectivity index is 1.44. The van der Waals surface area contributed by atoms with E-state index in [0.29, 0.717) is 5.69 Å². The van der Waals surface area contributed by atoms with Gasteiger partial charge in [-0.1, -0.05) is 23.2 Å². The standard InChI is InChI=1S/C19H14Cl2N4O4S/c1-9(25-17(26)12-3-14(20)15(21)4-13(12)18(25)27)19(28)29-7-11-8-30-16(23-11)10-5-22-24(2)6-10/h3-6,8-9H,7H2,1-2H3/t9-/m0/s1. The highest BCUT2D eigenvalue weighted by Gasteiger charge is 2.42. The summed E-state index contributed by atoms with van der Waals surface area (Å²) in [7, 11) is 1.81. The summed E-state index contributed by atoms with van der Waals surface area (Å²) in [4.78, 5) is 43.0. The van der Waals surface area contributed by atoms with E-state index in [1.807, 2.05) is 13.2 Å². The molecule has 0 unspecified atom stereocenters. The molecule has 1 atom stereocenters. The van der Waals surface area contributed by atoms with Gasteiger partial charge in [0.05, 0.1) is 33.1 Å². The van der Waals surface area contributed by atoms with E-state index in [2.05, 4.69) is 10.1 Å². The van der Waals surface area contributed by atoms with Crippen molar-refractivity contribution in [3.8, 4) is 10.6 Å². The van der Waals surface area contributed by atoms with E-state index in [4.69, 9.17) is 27.9 Å². The monoisotopic (exact) mass is 464 g/mol. The van der Waals surface area contributed by atoms with Crippen LogP contribution in [0.3, 0.4) is 0 Å². The SMILES string of the molecule is C[C@@H](C(=O)OCc1csc(-c2cnn(C)c2)n1)N1C(=O)c2cc(Cl)c(Cl)cc2C1=O. The van der Waals surface area contributed by atoms with Crippen molar-refractivity contribution in [3.63, 3.8) is 0 Å². The summed E-state index contributed by atoms with van der Waals surface area (Å²) in [5.41, 5.74) is 1.63.